The molecule has 0 saturated carbocycles. The lowest BCUT2D eigenvalue weighted by Crippen LogP contribution is -2.34. The van der Waals surface area contributed by atoms with Gasteiger partial charge < -0.3 is 9.64 Å². The van der Waals surface area contributed by atoms with E-state index < -0.39 is 21.8 Å². The molecule has 0 radical (unpaired) electrons. The largest absolute Gasteiger partial charge is 0.494 e. The predicted octanol–water partition coefficient (Wildman–Crippen LogP) is 3.33. The average Bonchev–Trinajstić information content (AvgIpc) is 3.49. The molecule has 4 aromatic rings. The molecule has 0 aliphatic heterocycles. The van der Waals surface area contributed by atoms with Crippen LogP contribution in [0.25, 0.3) is 16.7 Å². The zero-order valence-electron chi connectivity index (χ0n) is 20.6. The zero-order chi connectivity index (χ0) is 27.0. The van der Waals surface area contributed by atoms with Crippen molar-refractivity contribution in [1.29, 1.82) is 0 Å². The summed E-state index contributed by atoms with van der Waals surface area (Å²) in [7, 11) is 2.79. The molecular formula is C23H26F3N7O3S. The fourth-order valence-electron chi connectivity index (χ4n) is 3.90. The standard InChI is InChI=1S/C23H26F3N7O3S/c1-30(2)10-5-11-33(22-19(36-4)8-6-16-12-28-31(3)21(16)22)37(34,35)18-7-9-20(27-14-18)32-15-17(13-29-32)23(24,25)26/h6-9,12-15H,5,10-11H2,1-4H3. The summed E-state index contributed by atoms with van der Waals surface area (Å²) in [6, 6.07) is 6.08. The first-order valence-electron chi connectivity index (χ1n) is 11.2. The van der Waals surface area contributed by atoms with Gasteiger partial charge in [0, 0.05) is 31.4 Å². The molecule has 0 aliphatic carbocycles. The van der Waals surface area contributed by atoms with Crippen molar-refractivity contribution in [2.24, 2.45) is 7.05 Å². The second-order valence-corrected chi connectivity index (χ2v) is 10.4. The molecule has 0 amide bonds. The van der Waals surface area contributed by atoms with Gasteiger partial charge in [-0.15, -0.1) is 0 Å². The minimum absolute atomic E-state index is 0.0416. The van der Waals surface area contributed by atoms with E-state index in [4.69, 9.17) is 4.74 Å². The van der Waals surface area contributed by atoms with Crippen LogP contribution < -0.4 is 9.04 Å². The second-order valence-electron chi connectivity index (χ2n) is 8.58. The third-order valence-corrected chi connectivity index (χ3v) is 7.51. The molecule has 14 heteroatoms. The molecule has 3 aromatic heterocycles. The summed E-state index contributed by atoms with van der Waals surface area (Å²) < 4.78 is 76.1. The molecular weight excluding hydrogens is 511 g/mol. The van der Waals surface area contributed by atoms with Crippen LogP contribution in [-0.4, -0.2) is 72.2 Å². The van der Waals surface area contributed by atoms with Crippen LogP contribution in [0.3, 0.4) is 0 Å². The van der Waals surface area contributed by atoms with Crippen LogP contribution in [0, 0.1) is 0 Å². The van der Waals surface area contributed by atoms with Gasteiger partial charge in [0.1, 0.15) is 16.3 Å². The highest BCUT2D eigenvalue weighted by Gasteiger charge is 2.33. The van der Waals surface area contributed by atoms with Gasteiger partial charge >= 0.3 is 6.18 Å². The van der Waals surface area contributed by atoms with E-state index in [2.05, 4.69) is 15.2 Å². The molecule has 198 valence electrons. The van der Waals surface area contributed by atoms with Crippen LogP contribution in [0.4, 0.5) is 18.9 Å². The molecule has 0 atom stereocenters. The minimum atomic E-state index is -4.56. The number of hydrogen-bond donors (Lipinski definition) is 0. The Bertz CT molecular complexity index is 1500. The van der Waals surface area contributed by atoms with Crippen LogP contribution in [0.15, 0.2) is 53.9 Å². The van der Waals surface area contributed by atoms with Crippen molar-refractivity contribution in [3.63, 3.8) is 0 Å². The molecule has 4 rings (SSSR count). The third-order valence-electron chi connectivity index (χ3n) is 5.73. The van der Waals surface area contributed by atoms with Crippen LogP contribution >= 0.6 is 0 Å². The maximum absolute atomic E-state index is 14.0. The predicted molar refractivity (Wildman–Crippen MR) is 131 cm³/mol. The monoisotopic (exact) mass is 537 g/mol. The second kappa shape index (κ2) is 10.0. The Kier molecular flexibility index (Phi) is 7.15. The van der Waals surface area contributed by atoms with Crippen molar-refractivity contribution in [2.45, 2.75) is 17.5 Å². The van der Waals surface area contributed by atoms with Gasteiger partial charge in [-0.25, -0.2) is 18.1 Å². The number of alkyl halides is 3. The quantitative estimate of drug-likeness (QED) is 0.323. The van der Waals surface area contributed by atoms with Crippen molar-refractivity contribution < 1.29 is 26.3 Å². The van der Waals surface area contributed by atoms with E-state index >= 15 is 0 Å². The van der Waals surface area contributed by atoms with Crippen LogP contribution in [0.2, 0.25) is 0 Å². The van der Waals surface area contributed by atoms with E-state index in [1.54, 1.807) is 30.1 Å². The number of sulfonamides is 1. The smallest absolute Gasteiger partial charge is 0.419 e. The van der Waals surface area contributed by atoms with Gasteiger partial charge in [-0.1, -0.05) is 0 Å². The van der Waals surface area contributed by atoms with E-state index in [9.17, 15) is 21.6 Å². The molecule has 0 fully saturated rings. The molecule has 3 heterocycles. The van der Waals surface area contributed by atoms with Gasteiger partial charge in [0.25, 0.3) is 10.0 Å². The summed E-state index contributed by atoms with van der Waals surface area (Å²) in [5.74, 6) is 0.394. The molecule has 37 heavy (non-hydrogen) atoms. The highest BCUT2D eigenvalue weighted by atomic mass is 32.2. The van der Waals surface area contributed by atoms with Gasteiger partial charge in [0.15, 0.2) is 5.82 Å². The maximum Gasteiger partial charge on any atom is 0.419 e. The number of methoxy groups -OCH3 is 1. The fourth-order valence-corrected chi connectivity index (χ4v) is 5.36. The number of aromatic nitrogens is 5. The summed E-state index contributed by atoms with van der Waals surface area (Å²) in [5, 5.41) is 8.69. The number of aryl methyl sites for hydroxylation is 1. The lowest BCUT2D eigenvalue weighted by Gasteiger charge is -2.27. The Morgan fingerprint density at radius 2 is 1.78 bits per heavy atom. The van der Waals surface area contributed by atoms with Gasteiger partial charge in [0.05, 0.1) is 30.6 Å². The van der Waals surface area contributed by atoms with E-state index in [-0.39, 0.29) is 17.3 Å². The number of halogens is 3. The lowest BCUT2D eigenvalue weighted by molar-refractivity contribution is -0.137. The average molecular weight is 538 g/mol. The van der Waals surface area contributed by atoms with Gasteiger partial charge in [-0.2, -0.15) is 23.4 Å². The van der Waals surface area contributed by atoms with Gasteiger partial charge in [0.2, 0.25) is 0 Å². The van der Waals surface area contributed by atoms with Crippen LogP contribution in [0.1, 0.15) is 12.0 Å². The Morgan fingerprint density at radius 3 is 2.38 bits per heavy atom. The molecule has 0 aliphatic rings. The lowest BCUT2D eigenvalue weighted by atomic mass is 10.2. The van der Waals surface area contributed by atoms with Crippen molar-refractivity contribution in [1.82, 2.24) is 29.4 Å². The summed E-state index contributed by atoms with van der Waals surface area (Å²) in [4.78, 5) is 5.89. The summed E-state index contributed by atoms with van der Waals surface area (Å²) in [6.07, 6.45) is 0.174. The summed E-state index contributed by atoms with van der Waals surface area (Å²) in [6.45, 7) is 0.769. The summed E-state index contributed by atoms with van der Waals surface area (Å²) in [5.41, 5.74) is -0.0206. The van der Waals surface area contributed by atoms with Crippen molar-refractivity contribution in [3.8, 4) is 11.6 Å². The van der Waals surface area contributed by atoms with Crippen LogP contribution in [0.5, 0.6) is 5.75 Å². The van der Waals surface area contributed by atoms with Gasteiger partial charge in [-0.3, -0.25) is 8.99 Å². The number of fused-ring (bicyclic) bond motifs is 1. The third kappa shape index (κ3) is 5.25. The molecule has 0 bridgehead atoms. The molecule has 0 saturated heterocycles. The number of anilines is 1. The topological polar surface area (TPSA) is 98.4 Å². The number of nitrogens with zero attached hydrogens (tertiary/aromatic N) is 7. The Labute approximate surface area is 211 Å². The Hall–Kier alpha value is -3.65. The minimum Gasteiger partial charge on any atom is -0.494 e. The number of benzene rings is 1. The highest BCUT2D eigenvalue weighted by molar-refractivity contribution is 7.92. The molecule has 0 spiro atoms. The number of hydrogen-bond acceptors (Lipinski definition) is 7. The van der Waals surface area contributed by atoms with Crippen molar-refractivity contribution in [2.75, 3.05) is 38.6 Å². The van der Waals surface area contributed by atoms with Crippen LogP contribution in [-0.2, 0) is 23.2 Å². The van der Waals surface area contributed by atoms with E-state index in [1.165, 1.54) is 23.5 Å². The molecule has 0 N–H and O–H groups in total. The number of ether oxygens (including phenoxy) is 1. The van der Waals surface area contributed by atoms with Crippen molar-refractivity contribution >= 4 is 26.6 Å². The molecule has 10 nitrogen and oxygen atoms in total. The normalized spacial score (nSPS) is 12.4. The number of pyridine rings is 1. The first kappa shape index (κ1) is 26.4. The first-order chi connectivity index (χ1) is 17.4. The van der Waals surface area contributed by atoms with E-state index in [0.717, 1.165) is 22.5 Å². The molecule has 1 aromatic carbocycles. The number of rotatable bonds is 9. The van der Waals surface area contributed by atoms with E-state index in [1.807, 2.05) is 19.0 Å². The molecule has 0 unspecified atom stereocenters. The Morgan fingerprint density at radius 1 is 1.03 bits per heavy atom. The Balaban J connectivity index is 1.77. The first-order valence-corrected chi connectivity index (χ1v) is 12.6. The fraction of sp³-hybridized carbons (Fsp3) is 0.348. The summed E-state index contributed by atoms with van der Waals surface area (Å²) >= 11 is 0. The zero-order valence-corrected chi connectivity index (χ0v) is 21.5. The van der Waals surface area contributed by atoms with Crippen molar-refractivity contribution in [3.05, 3.63) is 54.6 Å². The van der Waals surface area contributed by atoms with Gasteiger partial charge in [-0.05, 0) is 51.3 Å². The highest BCUT2D eigenvalue weighted by Crippen LogP contribution is 2.39. The maximum atomic E-state index is 14.0. The SMILES string of the molecule is COc1ccc2cnn(C)c2c1N(CCCN(C)C)S(=O)(=O)c1ccc(-n2cc(C(F)(F)F)cn2)nc1. The van der Waals surface area contributed by atoms with E-state index in [0.29, 0.717) is 36.1 Å².